The van der Waals surface area contributed by atoms with E-state index < -0.39 is 55.6 Å². The molecule has 0 heterocycles. The molecule has 0 spiro atoms. The number of rotatable bonds is 10. The summed E-state index contributed by atoms with van der Waals surface area (Å²) in [4.78, 5) is 0. The molecule has 2 unspecified atom stereocenters. The predicted molar refractivity (Wildman–Crippen MR) is 109 cm³/mol. The topological polar surface area (TPSA) is 36.9 Å². The summed E-state index contributed by atoms with van der Waals surface area (Å²) in [6.07, 6.45) is -5.13. The van der Waals surface area contributed by atoms with E-state index >= 15 is 0 Å². The van der Waals surface area contributed by atoms with E-state index in [0.29, 0.717) is 0 Å². The first kappa shape index (κ1) is 25.7. The van der Waals surface area contributed by atoms with Gasteiger partial charge in [-0.15, -0.1) is 0 Å². The molecule has 0 bridgehead atoms. The Bertz CT molecular complexity index is 423. The third kappa shape index (κ3) is 14.4. The molecule has 0 amide bonds. The SMILES string of the molecule is C[SiH](O[Si](C)(C)C)O[Si](C)(CCC(F)(F)F)O[Si](C)(C)O[Si](C)(C)C. The van der Waals surface area contributed by atoms with Crippen LogP contribution >= 0.6 is 0 Å². The van der Waals surface area contributed by atoms with Gasteiger partial charge in [0.25, 0.3) is 9.28 Å². The highest BCUT2D eigenvalue weighted by Gasteiger charge is 2.45. The smallest absolute Gasteiger partial charge is 0.389 e. The minimum absolute atomic E-state index is 0.131. The first-order valence-electron chi connectivity index (χ1n) is 8.55. The summed E-state index contributed by atoms with van der Waals surface area (Å²) < 4.78 is 62.8. The van der Waals surface area contributed by atoms with Gasteiger partial charge in [-0.1, -0.05) is 0 Å². The van der Waals surface area contributed by atoms with Gasteiger partial charge in [0.2, 0.25) is 0 Å². The Morgan fingerprint density at radius 2 is 1.24 bits per heavy atom. The second kappa shape index (κ2) is 8.81. The van der Waals surface area contributed by atoms with Crippen molar-refractivity contribution in [3.63, 3.8) is 0 Å². The summed E-state index contributed by atoms with van der Waals surface area (Å²) in [5.41, 5.74) is 0. The fourth-order valence-electron chi connectivity index (χ4n) is 2.65. The molecule has 4 nitrogen and oxygen atoms in total. The zero-order chi connectivity index (χ0) is 20.3. The van der Waals surface area contributed by atoms with E-state index in [1.165, 1.54) is 0 Å². The van der Waals surface area contributed by atoms with Gasteiger partial charge < -0.3 is 16.5 Å². The standard InChI is InChI=1S/C13H35F3O4Si5/c1-21(17-22(2,3)4)18-25(10,12-11-13(14,15)16)20-24(8,9)19-23(5,6)7/h21H,11-12H2,1-10H3. The second-order valence-electron chi connectivity index (χ2n) is 8.88. The normalized spacial score (nSPS) is 18.1. The summed E-state index contributed by atoms with van der Waals surface area (Å²) >= 11 is 0. The third-order valence-electron chi connectivity index (χ3n) is 2.81. The molecule has 0 aromatic carbocycles. The molecule has 2 atom stereocenters. The lowest BCUT2D eigenvalue weighted by atomic mass is 10.5. The number of hydrogen-bond donors (Lipinski definition) is 0. The fourth-order valence-corrected chi connectivity index (χ4v) is 22.9. The summed E-state index contributed by atoms with van der Waals surface area (Å²) in [5, 5.41) is 0. The van der Waals surface area contributed by atoms with Crippen LogP contribution in [0.4, 0.5) is 13.2 Å². The fraction of sp³-hybridized carbons (Fsp3) is 1.00. The van der Waals surface area contributed by atoms with Crippen molar-refractivity contribution in [1.82, 2.24) is 0 Å². The average molecular weight is 453 g/mol. The van der Waals surface area contributed by atoms with Crippen LogP contribution in [0.2, 0.25) is 71.5 Å². The molecule has 0 aliphatic rings. The van der Waals surface area contributed by atoms with E-state index in [9.17, 15) is 13.2 Å². The van der Waals surface area contributed by atoms with E-state index in [2.05, 4.69) is 0 Å². The maximum Gasteiger partial charge on any atom is 0.389 e. The summed E-state index contributed by atoms with van der Waals surface area (Å²) in [6, 6.07) is -0.131. The lowest BCUT2D eigenvalue weighted by molar-refractivity contribution is -0.131. The molecule has 0 saturated heterocycles. The number of halogens is 3. The lowest BCUT2D eigenvalue weighted by Gasteiger charge is -2.40. The molecule has 0 N–H and O–H groups in total. The van der Waals surface area contributed by atoms with E-state index in [-0.39, 0.29) is 6.04 Å². The predicted octanol–water partition coefficient (Wildman–Crippen LogP) is 5.30. The van der Waals surface area contributed by atoms with Gasteiger partial charge in [0.15, 0.2) is 16.6 Å². The van der Waals surface area contributed by atoms with Crippen molar-refractivity contribution in [3.05, 3.63) is 0 Å². The van der Waals surface area contributed by atoms with Gasteiger partial charge in [0.1, 0.15) is 0 Å². The highest BCUT2D eigenvalue weighted by atomic mass is 28.5. The van der Waals surface area contributed by atoms with Crippen LogP contribution in [0.1, 0.15) is 6.42 Å². The maximum absolute atomic E-state index is 12.8. The Morgan fingerprint density at radius 3 is 1.60 bits per heavy atom. The van der Waals surface area contributed by atoms with E-state index in [4.69, 9.17) is 16.5 Å². The molecular formula is C13H35F3O4Si5. The van der Waals surface area contributed by atoms with Crippen molar-refractivity contribution >= 4 is 43.0 Å². The van der Waals surface area contributed by atoms with Crippen molar-refractivity contribution in [1.29, 1.82) is 0 Å². The van der Waals surface area contributed by atoms with Crippen LogP contribution < -0.4 is 0 Å². The Morgan fingerprint density at radius 1 is 0.760 bits per heavy atom. The highest BCUT2D eigenvalue weighted by molar-refractivity contribution is 6.88. The van der Waals surface area contributed by atoms with Gasteiger partial charge in [0.05, 0.1) is 0 Å². The molecule has 0 aromatic rings. The van der Waals surface area contributed by atoms with Gasteiger partial charge >= 0.3 is 23.3 Å². The van der Waals surface area contributed by atoms with Gasteiger partial charge in [-0.3, -0.25) is 0 Å². The van der Waals surface area contributed by atoms with Crippen molar-refractivity contribution < 1.29 is 29.6 Å². The largest absolute Gasteiger partial charge is 0.439 e. The third-order valence-corrected chi connectivity index (χ3v) is 19.6. The van der Waals surface area contributed by atoms with Gasteiger partial charge in [-0.25, -0.2) is 0 Å². The molecule has 0 radical (unpaired) electrons. The van der Waals surface area contributed by atoms with Crippen LogP contribution in [-0.2, 0) is 16.5 Å². The molecule has 12 heteroatoms. The van der Waals surface area contributed by atoms with Crippen LogP contribution in [0.15, 0.2) is 0 Å². The molecule has 0 fully saturated rings. The highest BCUT2D eigenvalue weighted by Crippen LogP contribution is 2.31. The van der Waals surface area contributed by atoms with Crippen molar-refractivity contribution in [2.75, 3.05) is 0 Å². The van der Waals surface area contributed by atoms with Gasteiger partial charge in [-0.2, -0.15) is 13.2 Å². The molecule has 0 rings (SSSR count). The minimum Gasteiger partial charge on any atom is -0.439 e. The maximum atomic E-state index is 12.8. The van der Waals surface area contributed by atoms with Crippen LogP contribution in [0.5, 0.6) is 0 Å². The van der Waals surface area contributed by atoms with Crippen LogP contribution in [0.25, 0.3) is 0 Å². The van der Waals surface area contributed by atoms with Gasteiger partial charge in [0, 0.05) is 6.42 Å². The molecule has 0 saturated carbocycles. The summed E-state index contributed by atoms with van der Waals surface area (Å²) in [7, 11) is -11.4. The number of hydrogen-bond acceptors (Lipinski definition) is 4. The Balaban J connectivity index is 5.24. The van der Waals surface area contributed by atoms with Crippen LogP contribution in [0.3, 0.4) is 0 Å². The Labute approximate surface area is 157 Å². The van der Waals surface area contributed by atoms with Gasteiger partial charge in [-0.05, 0) is 71.5 Å². The van der Waals surface area contributed by atoms with Crippen LogP contribution in [-0.4, -0.2) is 49.2 Å². The molecule has 0 aliphatic carbocycles. The number of alkyl halides is 3. The Hall–Kier alpha value is 0.714. The monoisotopic (exact) mass is 452 g/mol. The Kier molecular flexibility index (Phi) is 9.06. The first-order chi connectivity index (χ1) is 10.7. The quantitative estimate of drug-likeness (QED) is 0.422. The van der Waals surface area contributed by atoms with Crippen molar-refractivity contribution in [2.45, 2.75) is 84.1 Å². The molecule has 152 valence electrons. The van der Waals surface area contributed by atoms with Crippen molar-refractivity contribution in [2.24, 2.45) is 0 Å². The lowest BCUT2D eigenvalue weighted by Crippen LogP contribution is -2.56. The minimum atomic E-state index is -4.23. The molecule has 0 aliphatic heterocycles. The second-order valence-corrected chi connectivity index (χ2v) is 27.6. The van der Waals surface area contributed by atoms with Crippen molar-refractivity contribution in [3.8, 4) is 0 Å². The molecule has 0 aromatic heterocycles. The van der Waals surface area contributed by atoms with E-state index in [1.54, 1.807) is 6.55 Å². The van der Waals surface area contributed by atoms with Crippen LogP contribution in [0, 0.1) is 0 Å². The zero-order valence-electron chi connectivity index (χ0n) is 17.3. The summed E-state index contributed by atoms with van der Waals surface area (Å²) in [5.74, 6) is 0. The zero-order valence-corrected chi connectivity index (χ0v) is 22.4. The molecule has 25 heavy (non-hydrogen) atoms. The summed E-state index contributed by atoms with van der Waals surface area (Å²) in [6.45, 7) is 19.6. The average Bonchev–Trinajstić information content (AvgIpc) is 2.17. The van der Waals surface area contributed by atoms with E-state index in [0.717, 1.165) is 0 Å². The first-order valence-corrected chi connectivity index (χ1v) is 22.8. The molecular weight excluding hydrogens is 418 g/mol. The van der Waals surface area contributed by atoms with E-state index in [1.807, 2.05) is 58.9 Å².